The summed E-state index contributed by atoms with van der Waals surface area (Å²) in [5, 5.41) is 12.8. The number of nitrogens with one attached hydrogen (secondary N) is 3. The molecule has 0 bridgehead atoms. The van der Waals surface area contributed by atoms with Crippen molar-refractivity contribution >= 4 is 12.3 Å². The Hall–Kier alpha value is -1.52. The molecule has 1 fully saturated rings. The summed E-state index contributed by atoms with van der Waals surface area (Å²) >= 11 is 0. The Kier molecular flexibility index (Phi) is 3.97. The molecule has 0 aromatic heterocycles. The molecule has 3 N–H and O–H groups in total. The van der Waals surface area contributed by atoms with Gasteiger partial charge in [-0.15, -0.1) is 0 Å². The average molecular weight is 197 g/mol. The van der Waals surface area contributed by atoms with Gasteiger partial charge in [0.25, 0.3) is 0 Å². The molecule has 1 amide bonds. The van der Waals surface area contributed by atoms with Gasteiger partial charge < -0.3 is 15.5 Å². The fraction of sp³-hybridized carbons (Fsp3) is 0.556. The minimum Gasteiger partial charge on any atom is -0.450 e. The molecule has 5 heteroatoms. The summed E-state index contributed by atoms with van der Waals surface area (Å²) in [5.41, 5.74) is 1.41. The lowest BCUT2D eigenvalue weighted by atomic mass is 10.2. The van der Waals surface area contributed by atoms with E-state index in [4.69, 9.17) is 10.1 Å². The van der Waals surface area contributed by atoms with Crippen LogP contribution in [0.2, 0.25) is 0 Å². The molecule has 1 aliphatic rings. The van der Waals surface area contributed by atoms with E-state index >= 15 is 0 Å². The highest BCUT2D eigenvalue weighted by molar-refractivity contribution is 5.84. The van der Waals surface area contributed by atoms with Crippen LogP contribution in [0.3, 0.4) is 0 Å². The first kappa shape index (κ1) is 10.6. The summed E-state index contributed by atoms with van der Waals surface area (Å²) < 4.78 is 4.72. The van der Waals surface area contributed by atoms with E-state index in [1.165, 1.54) is 0 Å². The molecule has 0 spiro atoms. The van der Waals surface area contributed by atoms with Crippen LogP contribution in [0.5, 0.6) is 0 Å². The van der Waals surface area contributed by atoms with Crippen LogP contribution in [0.25, 0.3) is 0 Å². The van der Waals surface area contributed by atoms with Gasteiger partial charge in [-0.2, -0.15) is 0 Å². The highest BCUT2D eigenvalue weighted by Gasteiger charge is 2.12. The highest BCUT2D eigenvalue weighted by Crippen LogP contribution is 2.11. The van der Waals surface area contributed by atoms with Gasteiger partial charge in [0, 0.05) is 18.5 Å². The molecule has 0 aromatic carbocycles. The van der Waals surface area contributed by atoms with Crippen molar-refractivity contribution in [1.82, 2.24) is 10.6 Å². The monoisotopic (exact) mass is 197 g/mol. The van der Waals surface area contributed by atoms with Crippen LogP contribution in [-0.2, 0) is 4.74 Å². The SMILES string of the molecule is CCOC(=O)N/C(C=N)=C1\CCCN1. The van der Waals surface area contributed by atoms with E-state index in [0.717, 1.165) is 31.3 Å². The van der Waals surface area contributed by atoms with Crippen molar-refractivity contribution < 1.29 is 9.53 Å². The number of allylic oxidation sites excluding steroid dienone is 2. The molecule has 0 unspecified atom stereocenters. The van der Waals surface area contributed by atoms with Crippen molar-refractivity contribution in [3.63, 3.8) is 0 Å². The van der Waals surface area contributed by atoms with Crippen molar-refractivity contribution in [2.24, 2.45) is 0 Å². The average Bonchev–Trinajstić information content (AvgIpc) is 2.67. The van der Waals surface area contributed by atoms with Gasteiger partial charge in [0.05, 0.1) is 12.3 Å². The molecule has 1 saturated heterocycles. The summed E-state index contributed by atoms with van der Waals surface area (Å²) in [6.07, 6.45) is 2.53. The van der Waals surface area contributed by atoms with Crippen LogP contribution in [0.15, 0.2) is 11.4 Å². The Morgan fingerprint density at radius 3 is 3.07 bits per heavy atom. The lowest BCUT2D eigenvalue weighted by Gasteiger charge is -2.08. The molecule has 0 aliphatic carbocycles. The number of carbonyl (C=O) groups is 1. The standard InChI is InChI=1S/C9H15N3O2/c1-2-14-9(13)12-8(6-10)7-4-3-5-11-7/h6,10-11H,2-5H2,1H3,(H,12,13)/b8-7+,10-6?. The summed E-state index contributed by atoms with van der Waals surface area (Å²) in [6.45, 7) is 2.97. The molecule has 1 aliphatic heterocycles. The fourth-order valence-electron chi connectivity index (χ4n) is 1.30. The Labute approximate surface area is 83.0 Å². The molecule has 78 valence electrons. The minimum absolute atomic E-state index is 0.333. The maximum absolute atomic E-state index is 11.1. The third-order valence-electron chi connectivity index (χ3n) is 1.92. The van der Waals surface area contributed by atoms with Crippen molar-refractivity contribution in [3.8, 4) is 0 Å². The maximum Gasteiger partial charge on any atom is 0.411 e. The molecule has 14 heavy (non-hydrogen) atoms. The molecule has 1 rings (SSSR count). The second-order valence-electron chi connectivity index (χ2n) is 2.91. The highest BCUT2D eigenvalue weighted by atomic mass is 16.5. The largest absolute Gasteiger partial charge is 0.450 e. The summed E-state index contributed by atoms with van der Waals surface area (Å²) in [4.78, 5) is 11.1. The van der Waals surface area contributed by atoms with E-state index in [1.807, 2.05) is 0 Å². The van der Waals surface area contributed by atoms with Crippen LogP contribution in [-0.4, -0.2) is 25.5 Å². The normalized spacial score (nSPS) is 18.4. The molecular weight excluding hydrogens is 182 g/mol. The van der Waals surface area contributed by atoms with Gasteiger partial charge in [0.2, 0.25) is 0 Å². The van der Waals surface area contributed by atoms with Crippen LogP contribution < -0.4 is 10.6 Å². The van der Waals surface area contributed by atoms with E-state index < -0.39 is 6.09 Å². The van der Waals surface area contributed by atoms with Crippen LogP contribution >= 0.6 is 0 Å². The Morgan fingerprint density at radius 2 is 2.57 bits per heavy atom. The summed E-state index contributed by atoms with van der Waals surface area (Å²) in [7, 11) is 0. The number of hydrogen-bond donors (Lipinski definition) is 3. The van der Waals surface area contributed by atoms with Gasteiger partial charge in [-0.05, 0) is 19.8 Å². The third-order valence-corrected chi connectivity index (χ3v) is 1.92. The first-order valence-corrected chi connectivity index (χ1v) is 4.69. The third kappa shape index (κ3) is 2.76. The molecule has 0 saturated carbocycles. The zero-order valence-corrected chi connectivity index (χ0v) is 8.22. The zero-order valence-electron chi connectivity index (χ0n) is 8.22. The van der Waals surface area contributed by atoms with Crippen LogP contribution in [0.4, 0.5) is 4.79 Å². The van der Waals surface area contributed by atoms with Gasteiger partial charge in [-0.25, -0.2) is 4.79 Å². The van der Waals surface area contributed by atoms with Crippen molar-refractivity contribution in [3.05, 3.63) is 11.4 Å². The van der Waals surface area contributed by atoms with Gasteiger partial charge in [0.15, 0.2) is 0 Å². The molecule has 1 heterocycles. The first-order chi connectivity index (χ1) is 6.77. The summed E-state index contributed by atoms with van der Waals surface area (Å²) in [5.74, 6) is 0. The number of alkyl carbamates (subject to hydrolysis) is 1. The van der Waals surface area contributed by atoms with E-state index in [9.17, 15) is 4.79 Å². The molecular formula is C9H15N3O2. The Balaban J connectivity index is 2.58. The summed E-state index contributed by atoms with van der Waals surface area (Å²) in [6, 6.07) is 0. The second-order valence-corrected chi connectivity index (χ2v) is 2.91. The van der Waals surface area contributed by atoms with Crippen molar-refractivity contribution in [1.29, 1.82) is 5.41 Å². The van der Waals surface area contributed by atoms with Crippen molar-refractivity contribution in [2.75, 3.05) is 13.2 Å². The van der Waals surface area contributed by atoms with E-state index in [0.29, 0.717) is 12.3 Å². The van der Waals surface area contributed by atoms with E-state index in [-0.39, 0.29) is 0 Å². The molecule has 0 atom stereocenters. The maximum atomic E-state index is 11.1. The number of ether oxygens (including phenoxy) is 1. The second kappa shape index (κ2) is 5.26. The Bertz CT molecular complexity index is 253. The fourth-order valence-corrected chi connectivity index (χ4v) is 1.30. The van der Waals surface area contributed by atoms with Crippen LogP contribution in [0.1, 0.15) is 19.8 Å². The zero-order chi connectivity index (χ0) is 10.4. The quantitative estimate of drug-likeness (QED) is 0.590. The number of hydrogen-bond acceptors (Lipinski definition) is 4. The van der Waals surface area contributed by atoms with Crippen LogP contribution in [0, 0.1) is 5.41 Å². The topological polar surface area (TPSA) is 74.2 Å². The van der Waals surface area contributed by atoms with Gasteiger partial charge in [-0.1, -0.05) is 0 Å². The lowest BCUT2D eigenvalue weighted by Crippen LogP contribution is -2.27. The predicted molar refractivity (Wildman–Crippen MR) is 53.2 cm³/mol. The molecule has 0 radical (unpaired) electrons. The van der Waals surface area contributed by atoms with E-state index in [1.54, 1.807) is 6.92 Å². The van der Waals surface area contributed by atoms with Gasteiger partial charge >= 0.3 is 6.09 Å². The smallest absolute Gasteiger partial charge is 0.411 e. The lowest BCUT2D eigenvalue weighted by molar-refractivity contribution is 0.155. The number of rotatable bonds is 3. The Morgan fingerprint density at radius 1 is 1.79 bits per heavy atom. The minimum atomic E-state index is -0.507. The first-order valence-electron chi connectivity index (χ1n) is 4.69. The van der Waals surface area contributed by atoms with E-state index in [2.05, 4.69) is 10.6 Å². The van der Waals surface area contributed by atoms with Gasteiger partial charge in [0.1, 0.15) is 0 Å². The number of carbonyl (C=O) groups excluding carboxylic acids is 1. The number of amides is 1. The molecule has 0 aromatic rings. The van der Waals surface area contributed by atoms with Crippen molar-refractivity contribution in [2.45, 2.75) is 19.8 Å². The molecule has 5 nitrogen and oxygen atoms in total. The van der Waals surface area contributed by atoms with Gasteiger partial charge in [-0.3, -0.25) is 5.32 Å². The predicted octanol–water partition coefficient (Wildman–Crippen LogP) is 0.977.